The van der Waals surface area contributed by atoms with Crippen molar-refractivity contribution in [2.24, 2.45) is 11.8 Å². The van der Waals surface area contributed by atoms with E-state index < -0.39 is 0 Å². The van der Waals surface area contributed by atoms with E-state index >= 15 is 0 Å². The van der Waals surface area contributed by atoms with Gasteiger partial charge in [0.05, 0.1) is 38.3 Å². The molecule has 2 aliphatic carbocycles. The van der Waals surface area contributed by atoms with Crippen LogP contribution in [0.4, 0.5) is 0 Å². The highest BCUT2D eigenvalue weighted by atomic mass is 15.2. The van der Waals surface area contributed by atoms with E-state index in [0.29, 0.717) is 0 Å². The molecule has 2 saturated heterocycles. The van der Waals surface area contributed by atoms with Gasteiger partial charge in [0.1, 0.15) is 0 Å². The Morgan fingerprint density at radius 2 is 1.42 bits per heavy atom. The van der Waals surface area contributed by atoms with Crippen molar-refractivity contribution in [2.75, 3.05) is 26.2 Å². The van der Waals surface area contributed by atoms with Gasteiger partial charge in [0.25, 0.3) is 0 Å². The highest BCUT2D eigenvalue weighted by Crippen LogP contribution is 2.43. The Morgan fingerprint density at radius 3 is 2.05 bits per heavy atom. The van der Waals surface area contributed by atoms with Crippen molar-refractivity contribution in [1.82, 2.24) is 0 Å². The van der Waals surface area contributed by atoms with Crippen LogP contribution < -0.4 is 9.80 Å². The lowest BCUT2D eigenvalue weighted by Gasteiger charge is -2.39. The summed E-state index contributed by atoms with van der Waals surface area (Å²) in [5.74, 6) is 2.26. The maximum absolute atomic E-state index is 2.01. The molecule has 2 nitrogen and oxygen atoms in total. The van der Waals surface area contributed by atoms with Crippen LogP contribution in [-0.4, -0.2) is 38.3 Å². The number of quaternary nitrogens is 2. The van der Waals surface area contributed by atoms with Crippen LogP contribution in [0.2, 0.25) is 0 Å². The smallest absolute Gasteiger partial charge is 0.0983 e. The van der Waals surface area contributed by atoms with Gasteiger partial charge in [-0.3, -0.25) is 0 Å². The Morgan fingerprint density at radius 1 is 0.632 bits per heavy atom. The second kappa shape index (κ2) is 5.37. The maximum atomic E-state index is 2.01. The lowest BCUT2D eigenvalue weighted by molar-refractivity contribution is -0.972. The fourth-order valence-corrected chi connectivity index (χ4v) is 5.93. The summed E-state index contributed by atoms with van der Waals surface area (Å²) in [4.78, 5) is 3.98. The van der Waals surface area contributed by atoms with Crippen LogP contribution in [0.1, 0.15) is 57.8 Å². The first kappa shape index (κ1) is 12.6. The van der Waals surface area contributed by atoms with Gasteiger partial charge in [-0.05, 0) is 44.4 Å². The molecule has 0 aromatic heterocycles. The third-order valence-electron chi connectivity index (χ3n) is 6.96. The third-order valence-corrected chi connectivity index (χ3v) is 6.96. The van der Waals surface area contributed by atoms with E-state index in [9.17, 15) is 0 Å². The molecule has 2 heterocycles. The molecule has 0 amide bonds. The van der Waals surface area contributed by atoms with Crippen molar-refractivity contribution in [3.8, 4) is 0 Å². The molecule has 2 heteroatoms. The van der Waals surface area contributed by atoms with Crippen LogP contribution in [0.5, 0.6) is 0 Å². The molecule has 0 spiro atoms. The minimum Gasteiger partial charge on any atom is -0.332 e. The summed E-state index contributed by atoms with van der Waals surface area (Å²) in [6.07, 6.45) is 13.9. The minimum atomic E-state index is 1.03. The van der Waals surface area contributed by atoms with Crippen molar-refractivity contribution in [1.29, 1.82) is 0 Å². The lowest BCUT2D eigenvalue weighted by Crippen LogP contribution is -3.22. The molecule has 4 rings (SSSR count). The Hall–Kier alpha value is -0.0800. The fourth-order valence-electron chi connectivity index (χ4n) is 5.93. The summed E-state index contributed by atoms with van der Waals surface area (Å²) in [5, 5.41) is 0. The molecule has 0 aromatic carbocycles. The van der Waals surface area contributed by atoms with Gasteiger partial charge < -0.3 is 9.80 Å². The predicted molar refractivity (Wildman–Crippen MR) is 77.5 cm³/mol. The Bertz CT molecular complexity index is 302. The topological polar surface area (TPSA) is 8.88 Å². The molecule has 19 heavy (non-hydrogen) atoms. The number of piperidine rings is 2. The summed E-state index contributed by atoms with van der Waals surface area (Å²) in [6, 6.07) is 2.11. The van der Waals surface area contributed by atoms with Crippen LogP contribution >= 0.6 is 0 Å². The highest BCUT2D eigenvalue weighted by molar-refractivity contribution is 4.90. The minimum absolute atomic E-state index is 1.03. The Balaban J connectivity index is 1.30. The molecule has 4 fully saturated rings. The van der Waals surface area contributed by atoms with Crippen LogP contribution in [0.3, 0.4) is 0 Å². The normalized spacial score (nSPS) is 47.7. The largest absolute Gasteiger partial charge is 0.332 e. The molecular formula is C17H32N2+2. The van der Waals surface area contributed by atoms with Crippen LogP contribution in [0, 0.1) is 11.8 Å². The molecule has 0 radical (unpaired) electrons. The number of hydrogen-bond donors (Lipinski definition) is 2. The van der Waals surface area contributed by atoms with E-state index in [1.165, 1.54) is 58.3 Å². The highest BCUT2D eigenvalue weighted by Gasteiger charge is 2.46. The van der Waals surface area contributed by atoms with E-state index in [1.54, 1.807) is 25.7 Å². The molecule has 2 saturated carbocycles. The van der Waals surface area contributed by atoms with Crippen LogP contribution in [0.25, 0.3) is 0 Å². The first-order chi connectivity index (χ1) is 9.40. The molecule has 0 aromatic rings. The summed E-state index contributed by atoms with van der Waals surface area (Å²) in [5.41, 5.74) is 0. The summed E-state index contributed by atoms with van der Waals surface area (Å²) in [6.45, 7) is 5.96. The molecule has 2 aliphatic heterocycles. The van der Waals surface area contributed by atoms with Gasteiger partial charge in [0.2, 0.25) is 0 Å². The van der Waals surface area contributed by atoms with Crippen molar-refractivity contribution < 1.29 is 9.80 Å². The van der Waals surface area contributed by atoms with Gasteiger partial charge in [-0.2, -0.15) is 0 Å². The SMILES string of the molecule is C1CC[NH+](C2CC[NH+]([C@H]3C[C@H]4CC[C@H]3C4)CC2)CC1. The van der Waals surface area contributed by atoms with Crippen molar-refractivity contribution in [3.63, 3.8) is 0 Å². The van der Waals surface area contributed by atoms with Gasteiger partial charge in [-0.25, -0.2) is 0 Å². The lowest BCUT2D eigenvalue weighted by atomic mass is 9.91. The van der Waals surface area contributed by atoms with E-state index in [2.05, 4.69) is 0 Å². The molecule has 108 valence electrons. The third kappa shape index (κ3) is 2.47. The molecule has 2 N–H and O–H groups in total. The first-order valence-electron chi connectivity index (χ1n) is 9.09. The molecule has 0 unspecified atom stereocenters. The number of fused-ring (bicyclic) bond motifs is 2. The number of nitrogens with one attached hydrogen (secondary N) is 2. The standard InChI is InChI=1S/C17H30N2/c1-2-8-18(9-3-1)16-6-10-19(11-7-16)17-13-14-4-5-15(17)12-14/h14-17H,1-13H2/p+2/t14-,15-,17-/m0/s1. The van der Waals surface area contributed by atoms with E-state index in [4.69, 9.17) is 0 Å². The fraction of sp³-hybridized carbons (Fsp3) is 1.00. The zero-order valence-electron chi connectivity index (χ0n) is 12.5. The predicted octanol–water partition coefficient (Wildman–Crippen LogP) is 0.291. The van der Waals surface area contributed by atoms with Crippen LogP contribution in [0.15, 0.2) is 0 Å². The summed E-state index contributed by atoms with van der Waals surface area (Å²) in [7, 11) is 0. The zero-order valence-corrected chi connectivity index (χ0v) is 12.5. The number of hydrogen-bond acceptors (Lipinski definition) is 0. The van der Waals surface area contributed by atoms with Gasteiger partial charge >= 0.3 is 0 Å². The van der Waals surface area contributed by atoms with E-state index in [-0.39, 0.29) is 0 Å². The zero-order chi connectivity index (χ0) is 12.7. The molecule has 4 aliphatic rings. The van der Waals surface area contributed by atoms with Crippen molar-refractivity contribution >= 4 is 0 Å². The van der Waals surface area contributed by atoms with Gasteiger partial charge in [0.15, 0.2) is 0 Å². The van der Waals surface area contributed by atoms with Crippen molar-refractivity contribution in [2.45, 2.75) is 69.9 Å². The summed E-state index contributed by atoms with van der Waals surface area (Å²) < 4.78 is 0. The van der Waals surface area contributed by atoms with Gasteiger partial charge in [0, 0.05) is 25.2 Å². The molecular weight excluding hydrogens is 232 g/mol. The number of likely N-dealkylation sites (tertiary alicyclic amines) is 2. The van der Waals surface area contributed by atoms with Gasteiger partial charge in [-0.1, -0.05) is 0 Å². The molecule has 3 atom stereocenters. The first-order valence-corrected chi connectivity index (χ1v) is 9.09. The van der Waals surface area contributed by atoms with Crippen molar-refractivity contribution in [3.05, 3.63) is 0 Å². The second-order valence-corrected chi connectivity index (χ2v) is 7.93. The Labute approximate surface area is 118 Å². The van der Waals surface area contributed by atoms with Crippen LogP contribution in [-0.2, 0) is 0 Å². The number of rotatable bonds is 2. The van der Waals surface area contributed by atoms with E-state index in [0.717, 1.165) is 23.9 Å². The average Bonchev–Trinajstić information content (AvgIpc) is 3.11. The monoisotopic (exact) mass is 264 g/mol. The summed E-state index contributed by atoms with van der Waals surface area (Å²) >= 11 is 0. The Kier molecular flexibility index (Phi) is 3.57. The second-order valence-electron chi connectivity index (χ2n) is 7.93. The van der Waals surface area contributed by atoms with E-state index in [1.807, 2.05) is 9.80 Å². The van der Waals surface area contributed by atoms with Gasteiger partial charge in [-0.15, -0.1) is 0 Å². The molecule has 2 bridgehead atoms. The average molecular weight is 264 g/mol. The quantitative estimate of drug-likeness (QED) is 0.709. The maximum Gasteiger partial charge on any atom is 0.0983 e.